The quantitative estimate of drug-likeness (QED) is 0.357. The molecule has 0 saturated heterocycles. The van der Waals surface area contributed by atoms with Crippen LogP contribution in [0.5, 0.6) is 5.75 Å². The van der Waals surface area contributed by atoms with Crippen molar-refractivity contribution >= 4 is 27.3 Å². The second-order valence-electron chi connectivity index (χ2n) is 6.75. The number of rotatable bonds is 8. The van der Waals surface area contributed by atoms with Crippen molar-refractivity contribution in [1.29, 1.82) is 0 Å². The van der Waals surface area contributed by atoms with Gasteiger partial charge in [-0.15, -0.1) is 0 Å². The summed E-state index contributed by atoms with van der Waals surface area (Å²) in [7, 11) is -1.19. The Labute approximate surface area is 173 Å². The fraction of sp³-hybridized carbons (Fsp3) is 0.333. The summed E-state index contributed by atoms with van der Waals surface area (Å²) in [5.41, 5.74) is -0.00401. The Morgan fingerprint density at radius 1 is 1.30 bits per heavy atom. The van der Waals surface area contributed by atoms with Crippen LogP contribution in [0.15, 0.2) is 44.3 Å². The lowest BCUT2D eigenvalue weighted by molar-refractivity contribution is -0.790. The first-order chi connectivity index (χ1) is 14.1. The molecule has 2 aromatic heterocycles. The predicted octanol–water partition coefficient (Wildman–Crippen LogP) is 2.47. The van der Waals surface area contributed by atoms with Crippen molar-refractivity contribution in [3.8, 4) is 5.75 Å². The number of benzene rings is 1. The molecular formula is C18H23N5O6S. The molecule has 3 aromatic rings. The van der Waals surface area contributed by atoms with Crippen LogP contribution in [0.3, 0.4) is 0 Å². The molecule has 0 aliphatic rings. The Morgan fingerprint density at radius 2 is 2.03 bits per heavy atom. The number of nitrogens with one attached hydrogen (secondary N) is 2. The van der Waals surface area contributed by atoms with E-state index >= 15 is 0 Å². The van der Waals surface area contributed by atoms with E-state index in [-0.39, 0.29) is 33.2 Å². The van der Waals surface area contributed by atoms with E-state index in [0.717, 1.165) is 10.1 Å². The number of furan rings is 1. The van der Waals surface area contributed by atoms with Crippen LogP contribution in [0.4, 0.5) is 17.3 Å². The molecule has 11 nitrogen and oxygen atoms in total. The molecule has 0 bridgehead atoms. The highest BCUT2D eigenvalue weighted by molar-refractivity contribution is 7.89. The number of para-hydroxylation sites is 1. The standard InChI is InChI=1S/C18H23N5O6S/c1-5-12(14-10-9-11(2)28-14)19-17-18(23(25)29-21-17)20-13-7-6-8-15(16(13)24)30(26,27)22(3)4/h6-10,12,20,24H,5H2,1-4H3,(H,19,21)/t12-/m1/s1. The van der Waals surface area contributed by atoms with Gasteiger partial charge in [0, 0.05) is 14.1 Å². The topological polar surface area (TPSA) is 148 Å². The van der Waals surface area contributed by atoms with E-state index in [4.69, 9.17) is 4.42 Å². The van der Waals surface area contributed by atoms with E-state index in [1.807, 2.05) is 26.0 Å². The lowest BCUT2D eigenvalue weighted by Gasteiger charge is -2.15. The molecule has 3 N–H and O–H groups in total. The van der Waals surface area contributed by atoms with Gasteiger partial charge in [-0.1, -0.05) is 17.9 Å². The average molecular weight is 437 g/mol. The molecule has 1 aromatic carbocycles. The third-order valence-corrected chi connectivity index (χ3v) is 6.29. The number of phenolic OH excluding ortho intramolecular Hbond substituents is 1. The molecule has 0 unspecified atom stereocenters. The van der Waals surface area contributed by atoms with Gasteiger partial charge in [0.05, 0.1) is 6.04 Å². The zero-order valence-electron chi connectivity index (χ0n) is 16.9. The van der Waals surface area contributed by atoms with Crippen LogP contribution in [0.25, 0.3) is 0 Å². The highest BCUT2D eigenvalue weighted by atomic mass is 32.2. The number of nitrogens with zero attached hydrogens (tertiary/aromatic N) is 3. The van der Waals surface area contributed by atoms with Crippen LogP contribution in [-0.4, -0.2) is 37.1 Å². The Morgan fingerprint density at radius 3 is 2.63 bits per heavy atom. The van der Waals surface area contributed by atoms with Crippen LogP contribution in [0.1, 0.15) is 30.9 Å². The minimum atomic E-state index is -3.89. The first-order valence-electron chi connectivity index (χ1n) is 9.09. The number of phenols is 1. The lowest BCUT2D eigenvalue weighted by atomic mass is 10.2. The minimum absolute atomic E-state index is 0.00401. The van der Waals surface area contributed by atoms with Gasteiger partial charge in [0.2, 0.25) is 10.0 Å². The molecule has 1 atom stereocenters. The lowest BCUT2D eigenvalue weighted by Crippen LogP contribution is -2.27. The molecule has 162 valence electrons. The van der Waals surface area contributed by atoms with Crippen molar-refractivity contribution in [3.63, 3.8) is 0 Å². The Kier molecular flexibility index (Phi) is 5.89. The minimum Gasteiger partial charge on any atom is -0.503 e. The maximum Gasteiger partial charge on any atom is 0.324 e. The molecule has 30 heavy (non-hydrogen) atoms. The first-order valence-corrected chi connectivity index (χ1v) is 10.5. The number of aryl methyl sites for hydroxylation is 1. The van der Waals surface area contributed by atoms with E-state index in [2.05, 4.69) is 20.4 Å². The van der Waals surface area contributed by atoms with Crippen molar-refractivity contribution in [1.82, 2.24) is 9.46 Å². The molecule has 0 aliphatic carbocycles. The maximum atomic E-state index is 12.4. The van der Waals surface area contributed by atoms with Gasteiger partial charge in [0.25, 0.3) is 5.82 Å². The largest absolute Gasteiger partial charge is 0.503 e. The van der Waals surface area contributed by atoms with E-state index < -0.39 is 15.8 Å². The summed E-state index contributed by atoms with van der Waals surface area (Å²) in [6.07, 6.45) is 0.625. The highest BCUT2D eigenvalue weighted by Gasteiger charge is 2.27. The van der Waals surface area contributed by atoms with Crippen molar-refractivity contribution in [2.24, 2.45) is 0 Å². The van der Waals surface area contributed by atoms with Crippen LogP contribution in [0.2, 0.25) is 0 Å². The summed E-state index contributed by atoms with van der Waals surface area (Å²) in [6, 6.07) is 7.47. The molecule has 0 amide bonds. The summed E-state index contributed by atoms with van der Waals surface area (Å²) in [4.78, 5) is -0.187. The summed E-state index contributed by atoms with van der Waals surface area (Å²) in [5.74, 6) is 0.791. The summed E-state index contributed by atoms with van der Waals surface area (Å²) in [5, 5.41) is 32.1. The first kappa shape index (κ1) is 21.5. The van der Waals surface area contributed by atoms with Crippen LogP contribution < -0.4 is 15.5 Å². The van der Waals surface area contributed by atoms with E-state index in [0.29, 0.717) is 12.2 Å². The summed E-state index contributed by atoms with van der Waals surface area (Å²) in [6.45, 7) is 3.75. The zero-order chi connectivity index (χ0) is 22.1. The van der Waals surface area contributed by atoms with Crippen molar-refractivity contribution in [3.05, 3.63) is 47.1 Å². The molecule has 0 saturated carbocycles. The number of aromatic nitrogens is 2. The van der Waals surface area contributed by atoms with Gasteiger partial charge in [-0.05, 0) is 42.8 Å². The highest BCUT2D eigenvalue weighted by Crippen LogP contribution is 2.35. The van der Waals surface area contributed by atoms with Crippen LogP contribution in [0, 0.1) is 12.1 Å². The van der Waals surface area contributed by atoms with Crippen LogP contribution >= 0.6 is 0 Å². The van der Waals surface area contributed by atoms with E-state index in [9.17, 15) is 18.7 Å². The Balaban J connectivity index is 1.93. The molecule has 2 heterocycles. The second kappa shape index (κ2) is 8.24. The predicted molar refractivity (Wildman–Crippen MR) is 108 cm³/mol. The van der Waals surface area contributed by atoms with Crippen molar-refractivity contribution < 1.29 is 27.5 Å². The van der Waals surface area contributed by atoms with Crippen molar-refractivity contribution in [2.45, 2.75) is 31.2 Å². The normalized spacial score (nSPS) is 12.8. The third-order valence-electron chi connectivity index (χ3n) is 4.45. The molecule has 0 spiro atoms. The van der Waals surface area contributed by atoms with Crippen molar-refractivity contribution in [2.75, 3.05) is 24.7 Å². The third kappa shape index (κ3) is 4.04. The number of hydrogen-bond acceptors (Lipinski definition) is 9. The van der Waals surface area contributed by atoms with Gasteiger partial charge < -0.3 is 24.7 Å². The maximum absolute atomic E-state index is 12.4. The average Bonchev–Trinajstić information content (AvgIpc) is 3.27. The monoisotopic (exact) mass is 437 g/mol. The molecule has 0 aliphatic heterocycles. The van der Waals surface area contributed by atoms with Gasteiger partial charge in [-0.2, -0.15) is 0 Å². The fourth-order valence-corrected chi connectivity index (χ4v) is 3.78. The Bertz CT molecular complexity index is 1140. The summed E-state index contributed by atoms with van der Waals surface area (Å²) < 4.78 is 36.1. The number of aromatic hydroxyl groups is 1. The second-order valence-corrected chi connectivity index (χ2v) is 8.87. The Hall–Kier alpha value is -3.25. The number of anilines is 3. The molecular weight excluding hydrogens is 414 g/mol. The zero-order valence-corrected chi connectivity index (χ0v) is 17.7. The van der Waals surface area contributed by atoms with Gasteiger partial charge in [0.1, 0.15) is 22.1 Å². The molecule has 0 radical (unpaired) electrons. The summed E-state index contributed by atoms with van der Waals surface area (Å²) >= 11 is 0. The number of sulfonamides is 1. The van der Waals surface area contributed by atoms with Gasteiger partial charge >= 0.3 is 5.82 Å². The van der Waals surface area contributed by atoms with Gasteiger partial charge in [0.15, 0.2) is 5.75 Å². The van der Waals surface area contributed by atoms with Gasteiger partial charge in [-0.25, -0.2) is 12.7 Å². The molecule has 12 heteroatoms. The fourth-order valence-electron chi connectivity index (χ4n) is 2.78. The smallest absolute Gasteiger partial charge is 0.324 e. The molecule has 0 fully saturated rings. The van der Waals surface area contributed by atoms with Crippen LogP contribution in [-0.2, 0) is 10.0 Å². The van der Waals surface area contributed by atoms with E-state index in [1.54, 1.807) is 0 Å². The molecule has 3 rings (SSSR count). The van der Waals surface area contributed by atoms with E-state index in [1.165, 1.54) is 32.3 Å². The SMILES string of the molecule is CC[C@@H](Nc1no[n+]([O-])c1Nc1cccc(S(=O)(=O)N(C)C)c1O)c1ccc(C)o1. The number of hydrogen-bond donors (Lipinski definition) is 3. The van der Waals surface area contributed by atoms with Gasteiger partial charge in [-0.3, -0.25) is 5.32 Å².